The minimum Gasteiger partial charge on any atom is -0.361 e. The maximum atomic E-state index is 12.3. The molecule has 0 spiro atoms. The van der Waals surface area contributed by atoms with Gasteiger partial charge in [0.1, 0.15) is 11.3 Å². The van der Waals surface area contributed by atoms with Gasteiger partial charge in [-0.25, -0.2) is 0 Å². The first-order valence-electron chi connectivity index (χ1n) is 8.21. The zero-order chi connectivity index (χ0) is 16.8. The van der Waals surface area contributed by atoms with E-state index in [2.05, 4.69) is 21.4 Å². The van der Waals surface area contributed by atoms with Crippen LogP contribution in [0, 0.1) is 13.8 Å². The van der Waals surface area contributed by atoms with E-state index in [0.29, 0.717) is 23.4 Å². The van der Waals surface area contributed by atoms with E-state index < -0.39 is 0 Å². The fourth-order valence-corrected chi connectivity index (χ4v) is 3.05. The Morgan fingerprint density at radius 2 is 2.30 bits per heavy atom. The highest BCUT2D eigenvalue weighted by Gasteiger charge is 2.20. The predicted molar refractivity (Wildman–Crippen MR) is 87.3 cm³/mol. The number of carbonyl (C=O) groups excluding carboxylic acids is 1. The van der Waals surface area contributed by atoms with Crippen molar-refractivity contribution < 1.29 is 13.7 Å². The minimum atomic E-state index is -0.264. The van der Waals surface area contributed by atoms with Gasteiger partial charge >= 0.3 is 0 Å². The van der Waals surface area contributed by atoms with Gasteiger partial charge in [0.05, 0.1) is 12.4 Å². The number of amides is 1. The van der Waals surface area contributed by atoms with Crippen LogP contribution in [0.2, 0.25) is 0 Å². The van der Waals surface area contributed by atoms with Crippen molar-refractivity contribution in [2.45, 2.75) is 46.1 Å². The molecular weight excluding hydrogens is 297 g/mol. The van der Waals surface area contributed by atoms with Crippen LogP contribution in [0.25, 0.3) is 0 Å². The molecule has 1 aliphatic rings. The van der Waals surface area contributed by atoms with E-state index in [4.69, 9.17) is 4.52 Å². The average molecular weight is 323 g/mol. The third kappa shape index (κ3) is 4.89. The highest BCUT2D eigenvalue weighted by atomic mass is 19.1. The Kier molecular flexibility index (Phi) is 6.33. The third-order valence-electron chi connectivity index (χ3n) is 4.12. The van der Waals surface area contributed by atoms with Gasteiger partial charge in [0.2, 0.25) is 0 Å². The van der Waals surface area contributed by atoms with E-state index in [0.717, 1.165) is 32.5 Å². The molecular formula is C17H26FN3O2. The van der Waals surface area contributed by atoms with Crippen LogP contribution in [0.15, 0.2) is 16.2 Å². The Bertz CT molecular complexity index is 549. The number of alkyl halides is 1. The molecule has 1 amide bonds. The molecule has 0 radical (unpaired) electrons. The second kappa shape index (κ2) is 8.24. The maximum Gasteiger partial charge on any atom is 0.257 e. The molecule has 0 unspecified atom stereocenters. The summed E-state index contributed by atoms with van der Waals surface area (Å²) in [6.45, 7) is 7.90. The fraction of sp³-hybridized carbons (Fsp3) is 0.647. The van der Waals surface area contributed by atoms with Crippen molar-refractivity contribution in [2.24, 2.45) is 0 Å². The highest BCUT2D eigenvalue weighted by molar-refractivity contribution is 5.96. The topological polar surface area (TPSA) is 58.4 Å². The highest BCUT2D eigenvalue weighted by Crippen LogP contribution is 2.16. The average Bonchev–Trinajstić information content (AvgIpc) is 2.84. The molecule has 0 bridgehead atoms. The summed E-state index contributed by atoms with van der Waals surface area (Å²) in [5, 5.41) is 6.83. The summed E-state index contributed by atoms with van der Waals surface area (Å²) < 4.78 is 17.3. The Balaban J connectivity index is 1.86. The number of aryl methyl sites for hydroxylation is 2. The molecule has 2 heterocycles. The number of aromatic nitrogens is 1. The van der Waals surface area contributed by atoms with Crippen molar-refractivity contribution in [1.29, 1.82) is 0 Å². The zero-order valence-corrected chi connectivity index (χ0v) is 14.2. The largest absolute Gasteiger partial charge is 0.361 e. The van der Waals surface area contributed by atoms with Crippen LogP contribution >= 0.6 is 0 Å². The van der Waals surface area contributed by atoms with Gasteiger partial charge < -0.3 is 9.84 Å². The number of nitrogens with one attached hydrogen (secondary N) is 1. The molecule has 128 valence electrons. The fourth-order valence-electron chi connectivity index (χ4n) is 3.05. The molecule has 0 saturated carbocycles. The molecule has 1 aromatic rings. The molecule has 1 atom stereocenters. The first-order chi connectivity index (χ1) is 11.0. The Morgan fingerprint density at radius 1 is 1.52 bits per heavy atom. The van der Waals surface area contributed by atoms with Crippen molar-refractivity contribution in [3.63, 3.8) is 0 Å². The molecule has 0 aromatic carbocycles. The van der Waals surface area contributed by atoms with E-state index in [1.807, 2.05) is 6.92 Å². The van der Waals surface area contributed by atoms with Crippen molar-refractivity contribution in [3.05, 3.63) is 28.7 Å². The van der Waals surface area contributed by atoms with E-state index >= 15 is 0 Å². The first kappa shape index (κ1) is 17.7. The van der Waals surface area contributed by atoms with Crippen LogP contribution in [0.1, 0.15) is 48.0 Å². The molecule has 5 nitrogen and oxygen atoms in total. The van der Waals surface area contributed by atoms with Gasteiger partial charge in [-0.3, -0.25) is 14.1 Å². The molecule has 1 N–H and O–H groups in total. The van der Waals surface area contributed by atoms with Crippen LogP contribution in [0.5, 0.6) is 0 Å². The SMILES string of the molecule is Cc1noc(C)c1C(=O)N[C@@H](C)CC1=CCCN(CCCF)C1. The number of hydrogen-bond donors (Lipinski definition) is 1. The van der Waals surface area contributed by atoms with Gasteiger partial charge in [0.25, 0.3) is 5.91 Å². The molecule has 2 rings (SSSR count). The van der Waals surface area contributed by atoms with Crippen LogP contribution < -0.4 is 5.32 Å². The Labute approximate surface area is 136 Å². The van der Waals surface area contributed by atoms with Crippen molar-refractivity contribution >= 4 is 5.91 Å². The smallest absolute Gasteiger partial charge is 0.257 e. The first-order valence-corrected chi connectivity index (χ1v) is 8.21. The van der Waals surface area contributed by atoms with Gasteiger partial charge in [-0.1, -0.05) is 16.8 Å². The molecule has 0 aliphatic carbocycles. The number of nitrogens with zero attached hydrogens (tertiary/aromatic N) is 2. The van der Waals surface area contributed by atoms with Gasteiger partial charge in [0, 0.05) is 25.7 Å². The summed E-state index contributed by atoms with van der Waals surface area (Å²) >= 11 is 0. The molecule has 23 heavy (non-hydrogen) atoms. The number of hydrogen-bond acceptors (Lipinski definition) is 4. The lowest BCUT2D eigenvalue weighted by Crippen LogP contribution is -2.36. The van der Waals surface area contributed by atoms with E-state index in [-0.39, 0.29) is 18.6 Å². The van der Waals surface area contributed by atoms with Crippen molar-refractivity contribution in [1.82, 2.24) is 15.4 Å². The normalized spacial score (nSPS) is 17.0. The molecule has 0 fully saturated rings. The summed E-state index contributed by atoms with van der Waals surface area (Å²) in [6, 6.07) is 0.0311. The maximum absolute atomic E-state index is 12.3. The van der Waals surface area contributed by atoms with Crippen molar-refractivity contribution in [2.75, 3.05) is 26.3 Å². The van der Waals surface area contributed by atoms with Crippen molar-refractivity contribution in [3.8, 4) is 0 Å². The van der Waals surface area contributed by atoms with E-state index in [9.17, 15) is 9.18 Å². The molecule has 1 aliphatic heterocycles. The third-order valence-corrected chi connectivity index (χ3v) is 4.12. The summed E-state index contributed by atoms with van der Waals surface area (Å²) in [4.78, 5) is 14.6. The lowest BCUT2D eigenvalue weighted by Gasteiger charge is -2.28. The predicted octanol–water partition coefficient (Wildman–Crippen LogP) is 2.79. The second-order valence-corrected chi connectivity index (χ2v) is 6.25. The van der Waals surface area contributed by atoms with Crippen LogP contribution in [0.3, 0.4) is 0 Å². The Morgan fingerprint density at radius 3 is 2.96 bits per heavy atom. The van der Waals surface area contributed by atoms with Crippen LogP contribution in [-0.4, -0.2) is 48.3 Å². The van der Waals surface area contributed by atoms with Gasteiger partial charge in [-0.05, 0) is 40.0 Å². The molecule has 6 heteroatoms. The summed E-state index contributed by atoms with van der Waals surface area (Å²) in [6.07, 6.45) is 4.63. The quantitative estimate of drug-likeness (QED) is 0.784. The Hall–Kier alpha value is -1.69. The summed E-state index contributed by atoms with van der Waals surface area (Å²) in [7, 11) is 0. The second-order valence-electron chi connectivity index (χ2n) is 6.25. The van der Waals surface area contributed by atoms with Gasteiger partial charge in [0.15, 0.2) is 0 Å². The monoisotopic (exact) mass is 323 g/mol. The lowest BCUT2D eigenvalue weighted by atomic mass is 10.0. The van der Waals surface area contributed by atoms with E-state index in [1.54, 1.807) is 13.8 Å². The van der Waals surface area contributed by atoms with Gasteiger partial charge in [-0.2, -0.15) is 0 Å². The molecule has 0 saturated heterocycles. The summed E-state index contributed by atoms with van der Waals surface area (Å²) in [5.41, 5.74) is 2.45. The van der Waals surface area contributed by atoms with E-state index in [1.165, 1.54) is 5.57 Å². The van der Waals surface area contributed by atoms with Gasteiger partial charge in [-0.15, -0.1) is 0 Å². The van der Waals surface area contributed by atoms with Crippen LogP contribution in [0.4, 0.5) is 4.39 Å². The minimum absolute atomic E-state index is 0.0311. The number of rotatable bonds is 7. The summed E-state index contributed by atoms with van der Waals surface area (Å²) in [5.74, 6) is 0.404. The number of halogens is 1. The molecule has 1 aromatic heterocycles. The number of carbonyl (C=O) groups is 1. The lowest BCUT2D eigenvalue weighted by molar-refractivity contribution is 0.0937. The standard InChI is InChI=1S/C17H26FN3O2/c1-12(19-17(22)16-13(2)20-23-14(16)3)10-15-6-4-8-21(11-15)9-5-7-18/h6,12H,4-5,7-11H2,1-3H3,(H,19,22)/t12-/m0/s1. The van der Waals surface area contributed by atoms with Crippen LogP contribution in [-0.2, 0) is 0 Å². The zero-order valence-electron chi connectivity index (χ0n) is 14.2.